The van der Waals surface area contributed by atoms with Crippen LogP contribution in [0.25, 0.3) is 0 Å². The second-order valence-electron chi connectivity index (χ2n) is 7.34. The van der Waals surface area contributed by atoms with Crippen LogP contribution in [-0.4, -0.2) is 36.0 Å². The maximum atomic E-state index is 12.8. The van der Waals surface area contributed by atoms with E-state index >= 15 is 0 Å². The maximum Gasteiger partial charge on any atom is 0.338 e. The molecule has 0 fully saturated rings. The molecule has 8 heteroatoms. The minimum Gasteiger partial charge on any atom is -0.463 e. The molecule has 3 amide bonds. The summed E-state index contributed by atoms with van der Waals surface area (Å²) in [4.78, 5) is 39.6. The van der Waals surface area contributed by atoms with Crippen LogP contribution in [-0.2, 0) is 9.53 Å². The van der Waals surface area contributed by atoms with Crippen molar-refractivity contribution in [3.05, 3.63) is 76.0 Å². The molecule has 0 aromatic heterocycles. The number of esters is 1. The Labute approximate surface area is 192 Å². The van der Waals surface area contributed by atoms with E-state index in [9.17, 15) is 14.4 Å². The Morgan fingerprint density at radius 3 is 2.53 bits per heavy atom. The second-order valence-corrected chi connectivity index (χ2v) is 7.78. The lowest BCUT2D eigenvalue weighted by Crippen LogP contribution is -2.48. The van der Waals surface area contributed by atoms with Gasteiger partial charge in [0.2, 0.25) is 0 Å². The number of rotatable bonds is 7. The summed E-state index contributed by atoms with van der Waals surface area (Å²) >= 11 is 5.89. The molecular formula is C24H26ClN3O4. The van der Waals surface area contributed by atoms with Crippen LogP contribution in [0.1, 0.15) is 49.2 Å². The number of urea groups is 1. The van der Waals surface area contributed by atoms with Crippen LogP contribution >= 0.6 is 11.6 Å². The Hall–Kier alpha value is -3.32. The number of hydrogen-bond donors (Lipinski definition) is 2. The highest BCUT2D eigenvalue weighted by Gasteiger charge is 2.36. The molecule has 0 radical (unpaired) electrons. The van der Waals surface area contributed by atoms with Crippen LogP contribution in [0, 0.1) is 0 Å². The van der Waals surface area contributed by atoms with Crippen molar-refractivity contribution in [2.75, 3.05) is 18.5 Å². The SMILES string of the molecule is CCCN1C(=O)NC(c2cccc(NC(=O)c3ccc(Cl)cc3)c2)C(C(=O)OCC)=C1C. The second kappa shape index (κ2) is 10.3. The first-order valence-corrected chi connectivity index (χ1v) is 10.9. The molecule has 7 nitrogen and oxygen atoms in total. The van der Waals surface area contributed by atoms with Gasteiger partial charge in [0.25, 0.3) is 5.91 Å². The highest BCUT2D eigenvalue weighted by molar-refractivity contribution is 6.30. The molecule has 168 valence electrons. The zero-order valence-corrected chi connectivity index (χ0v) is 19.0. The summed E-state index contributed by atoms with van der Waals surface area (Å²) in [6, 6.07) is 12.6. The van der Waals surface area contributed by atoms with Gasteiger partial charge in [-0.25, -0.2) is 9.59 Å². The third-order valence-electron chi connectivity index (χ3n) is 5.12. The molecule has 2 N–H and O–H groups in total. The number of carbonyl (C=O) groups excluding carboxylic acids is 3. The number of hydrogen-bond acceptors (Lipinski definition) is 4. The van der Waals surface area contributed by atoms with Crippen molar-refractivity contribution in [3.63, 3.8) is 0 Å². The van der Waals surface area contributed by atoms with E-state index in [2.05, 4.69) is 10.6 Å². The summed E-state index contributed by atoms with van der Waals surface area (Å²) in [5.41, 5.74) is 2.60. The van der Waals surface area contributed by atoms with E-state index in [4.69, 9.17) is 16.3 Å². The molecule has 0 bridgehead atoms. The molecule has 0 spiro atoms. The number of anilines is 1. The smallest absolute Gasteiger partial charge is 0.338 e. The standard InChI is InChI=1S/C24H26ClN3O4/c1-4-13-28-15(3)20(23(30)32-5-2)21(27-24(28)31)17-7-6-8-19(14-17)26-22(29)16-9-11-18(25)12-10-16/h6-12,14,21H,4-5,13H2,1-3H3,(H,26,29)(H,27,31). The molecule has 2 aromatic carbocycles. The summed E-state index contributed by atoms with van der Waals surface area (Å²) in [6.07, 6.45) is 0.748. The largest absolute Gasteiger partial charge is 0.463 e. The molecule has 0 saturated heterocycles. The van der Waals surface area contributed by atoms with Gasteiger partial charge in [-0.05, 0) is 62.2 Å². The van der Waals surface area contributed by atoms with Crippen LogP contribution in [0.4, 0.5) is 10.5 Å². The van der Waals surface area contributed by atoms with Crippen LogP contribution < -0.4 is 10.6 Å². The summed E-state index contributed by atoms with van der Waals surface area (Å²) in [7, 11) is 0. The van der Waals surface area contributed by atoms with Crippen molar-refractivity contribution in [1.82, 2.24) is 10.2 Å². The lowest BCUT2D eigenvalue weighted by Gasteiger charge is -2.35. The van der Waals surface area contributed by atoms with Crippen molar-refractivity contribution < 1.29 is 19.1 Å². The first-order chi connectivity index (χ1) is 15.3. The number of halogens is 1. The van der Waals surface area contributed by atoms with Crippen molar-refractivity contribution in [3.8, 4) is 0 Å². The number of nitrogens with zero attached hydrogens (tertiary/aromatic N) is 1. The molecule has 2 aromatic rings. The Morgan fingerprint density at radius 2 is 1.88 bits per heavy atom. The molecule has 1 heterocycles. The first-order valence-electron chi connectivity index (χ1n) is 10.5. The van der Waals surface area contributed by atoms with Crippen LogP contribution in [0.15, 0.2) is 59.8 Å². The molecule has 3 rings (SSSR count). The fraction of sp³-hybridized carbons (Fsp3) is 0.292. The fourth-order valence-electron chi connectivity index (χ4n) is 3.60. The minimum atomic E-state index is -0.693. The van der Waals surface area contributed by atoms with Gasteiger partial charge in [-0.1, -0.05) is 30.7 Å². The zero-order valence-electron chi connectivity index (χ0n) is 18.3. The van der Waals surface area contributed by atoms with E-state index in [0.29, 0.717) is 39.7 Å². The number of benzene rings is 2. The predicted molar refractivity (Wildman–Crippen MR) is 123 cm³/mol. The van der Waals surface area contributed by atoms with E-state index in [-0.39, 0.29) is 18.5 Å². The van der Waals surface area contributed by atoms with Gasteiger partial charge in [0, 0.05) is 28.5 Å². The average molecular weight is 456 g/mol. The van der Waals surface area contributed by atoms with Gasteiger partial charge in [-0.2, -0.15) is 0 Å². The molecule has 32 heavy (non-hydrogen) atoms. The van der Waals surface area contributed by atoms with E-state index in [0.717, 1.165) is 6.42 Å². The third kappa shape index (κ3) is 5.11. The highest BCUT2D eigenvalue weighted by Crippen LogP contribution is 2.32. The summed E-state index contributed by atoms with van der Waals surface area (Å²) < 4.78 is 5.27. The van der Waals surface area contributed by atoms with E-state index in [1.54, 1.807) is 67.3 Å². The van der Waals surface area contributed by atoms with Gasteiger partial charge in [0.05, 0.1) is 18.2 Å². The summed E-state index contributed by atoms with van der Waals surface area (Å²) in [6.45, 7) is 6.16. The van der Waals surface area contributed by atoms with Gasteiger partial charge in [0.1, 0.15) is 0 Å². The Balaban J connectivity index is 1.93. The molecular weight excluding hydrogens is 430 g/mol. The predicted octanol–water partition coefficient (Wildman–Crippen LogP) is 4.91. The molecule has 1 aliphatic rings. The van der Waals surface area contributed by atoms with E-state index < -0.39 is 12.0 Å². The quantitative estimate of drug-likeness (QED) is 0.581. The molecule has 0 aliphatic carbocycles. The van der Waals surface area contributed by atoms with Crippen molar-refractivity contribution in [2.45, 2.75) is 33.2 Å². The molecule has 1 atom stereocenters. The average Bonchev–Trinajstić information content (AvgIpc) is 2.77. The molecule has 1 aliphatic heterocycles. The van der Waals surface area contributed by atoms with Gasteiger partial charge in [-0.3, -0.25) is 9.69 Å². The van der Waals surface area contributed by atoms with Crippen LogP contribution in [0.2, 0.25) is 5.02 Å². The number of allylic oxidation sites excluding steroid dienone is 1. The number of ether oxygens (including phenoxy) is 1. The van der Waals surface area contributed by atoms with Crippen LogP contribution in [0.5, 0.6) is 0 Å². The lowest BCUT2D eigenvalue weighted by atomic mass is 9.94. The van der Waals surface area contributed by atoms with Gasteiger partial charge in [0.15, 0.2) is 0 Å². The topological polar surface area (TPSA) is 87.7 Å². The Bertz CT molecular complexity index is 1050. The van der Waals surface area contributed by atoms with E-state index in [1.165, 1.54) is 0 Å². The summed E-state index contributed by atoms with van der Waals surface area (Å²) in [5.74, 6) is -0.773. The van der Waals surface area contributed by atoms with Crippen molar-refractivity contribution >= 4 is 35.2 Å². The number of carbonyl (C=O) groups is 3. The lowest BCUT2D eigenvalue weighted by molar-refractivity contribution is -0.139. The minimum absolute atomic E-state index is 0.223. The normalized spacial score (nSPS) is 15.9. The van der Waals surface area contributed by atoms with Crippen LogP contribution in [0.3, 0.4) is 0 Å². The molecule has 0 saturated carbocycles. The maximum absolute atomic E-state index is 12.8. The Morgan fingerprint density at radius 1 is 1.16 bits per heavy atom. The van der Waals surface area contributed by atoms with Crippen molar-refractivity contribution in [1.29, 1.82) is 0 Å². The van der Waals surface area contributed by atoms with Gasteiger partial charge < -0.3 is 15.4 Å². The van der Waals surface area contributed by atoms with Gasteiger partial charge >= 0.3 is 12.0 Å². The van der Waals surface area contributed by atoms with E-state index in [1.807, 2.05) is 6.92 Å². The monoisotopic (exact) mass is 455 g/mol. The third-order valence-corrected chi connectivity index (χ3v) is 5.38. The summed E-state index contributed by atoms with van der Waals surface area (Å²) in [5, 5.41) is 6.29. The van der Waals surface area contributed by atoms with Gasteiger partial charge in [-0.15, -0.1) is 0 Å². The zero-order chi connectivity index (χ0) is 23.3. The number of amides is 3. The Kier molecular flexibility index (Phi) is 7.53. The highest BCUT2D eigenvalue weighted by atomic mass is 35.5. The molecule has 1 unspecified atom stereocenters. The fourth-order valence-corrected chi connectivity index (χ4v) is 3.72. The first kappa shape index (κ1) is 23.3. The van der Waals surface area contributed by atoms with Crippen molar-refractivity contribution in [2.24, 2.45) is 0 Å². The number of nitrogens with one attached hydrogen (secondary N) is 2.